The summed E-state index contributed by atoms with van der Waals surface area (Å²) in [4.78, 5) is 10.5. The van der Waals surface area contributed by atoms with Gasteiger partial charge < -0.3 is 14.7 Å². The van der Waals surface area contributed by atoms with Gasteiger partial charge in [-0.3, -0.25) is 0 Å². The molecule has 82 valence electrons. The molecule has 0 amide bonds. The highest BCUT2D eigenvalue weighted by atomic mass is 16.5. The topological polar surface area (TPSA) is 58.5 Å². The SMILES string of the molecule is Cc1nccc(N2CCOCC2CO)n1. The summed E-state index contributed by atoms with van der Waals surface area (Å²) in [5.41, 5.74) is 0. The Bertz CT molecular complexity index is 332. The molecule has 0 saturated carbocycles. The number of aromatic nitrogens is 2. The third kappa shape index (κ3) is 2.24. The largest absolute Gasteiger partial charge is 0.394 e. The second-order valence-corrected chi connectivity index (χ2v) is 3.57. The lowest BCUT2D eigenvalue weighted by molar-refractivity contribution is 0.0722. The van der Waals surface area contributed by atoms with Crippen LogP contribution in [-0.4, -0.2) is 47.5 Å². The number of ether oxygens (including phenoxy) is 1. The van der Waals surface area contributed by atoms with Gasteiger partial charge in [0.25, 0.3) is 0 Å². The Morgan fingerprint density at radius 1 is 1.67 bits per heavy atom. The highest BCUT2D eigenvalue weighted by molar-refractivity contribution is 5.39. The normalized spacial score (nSPS) is 21.7. The van der Waals surface area contributed by atoms with Crippen molar-refractivity contribution in [3.8, 4) is 0 Å². The van der Waals surface area contributed by atoms with E-state index in [1.165, 1.54) is 0 Å². The van der Waals surface area contributed by atoms with Crippen LogP contribution in [0.3, 0.4) is 0 Å². The molecule has 0 radical (unpaired) electrons. The first kappa shape index (κ1) is 10.3. The van der Waals surface area contributed by atoms with Crippen LogP contribution in [0.5, 0.6) is 0 Å². The molecule has 5 nitrogen and oxygen atoms in total. The fourth-order valence-corrected chi connectivity index (χ4v) is 1.71. The molecule has 0 spiro atoms. The van der Waals surface area contributed by atoms with Gasteiger partial charge in [0.2, 0.25) is 0 Å². The van der Waals surface area contributed by atoms with E-state index in [2.05, 4.69) is 14.9 Å². The molecule has 1 N–H and O–H groups in total. The van der Waals surface area contributed by atoms with E-state index in [9.17, 15) is 5.11 Å². The van der Waals surface area contributed by atoms with Crippen LogP contribution in [0, 0.1) is 6.92 Å². The van der Waals surface area contributed by atoms with E-state index >= 15 is 0 Å². The molecule has 0 aliphatic carbocycles. The van der Waals surface area contributed by atoms with Crippen LogP contribution in [0.2, 0.25) is 0 Å². The van der Waals surface area contributed by atoms with E-state index in [1.807, 2.05) is 13.0 Å². The minimum atomic E-state index is 0.00745. The van der Waals surface area contributed by atoms with Crippen molar-refractivity contribution in [1.29, 1.82) is 0 Å². The van der Waals surface area contributed by atoms with Gasteiger partial charge in [0.15, 0.2) is 0 Å². The standard InChI is InChI=1S/C10H15N3O2/c1-8-11-3-2-10(12-8)13-4-5-15-7-9(13)6-14/h2-3,9,14H,4-7H2,1H3. The molecular formula is C10H15N3O2. The van der Waals surface area contributed by atoms with Crippen molar-refractivity contribution in [3.05, 3.63) is 18.1 Å². The summed E-state index contributed by atoms with van der Waals surface area (Å²) in [6.07, 6.45) is 1.74. The second kappa shape index (κ2) is 4.55. The smallest absolute Gasteiger partial charge is 0.132 e. The van der Waals surface area contributed by atoms with E-state index < -0.39 is 0 Å². The van der Waals surface area contributed by atoms with Gasteiger partial charge in [-0.15, -0.1) is 0 Å². The van der Waals surface area contributed by atoms with Gasteiger partial charge in [-0.2, -0.15) is 0 Å². The molecule has 1 atom stereocenters. The highest BCUT2D eigenvalue weighted by Crippen LogP contribution is 2.16. The lowest BCUT2D eigenvalue weighted by atomic mass is 10.2. The minimum Gasteiger partial charge on any atom is -0.394 e. The number of aryl methyl sites for hydroxylation is 1. The van der Waals surface area contributed by atoms with Crippen molar-refractivity contribution in [3.63, 3.8) is 0 Å². The van der Waals surface area contributed by atoms with Crippen molar-refractivity contribution in [1.82, 2.24) is 9.97 Å². The van der Waals surface area contributed by atoms with E-state index in [4.69, 9.17) is 4.74 Å². The average Bonchev–Trinajstić information content (AvgIpc) is 2.29. The number of hydrogen-bond acceptors (Lipinski definition) is 5. The maximum Gasteiger partial charge on any atom is 0.132 e. The van der Waals surface area contributed by atoms with Gasteiger partial charge in [-0.25, -0.2) is 9.97 Å². The molecule has 1 aliphatic heterocycles. The van der Waals surface area contributed by atoms with Gasteiger partial charge >= 0.3 is 0 Å². The molecule has 1 unspecified atom stereocenters. The molecule has 0 bridgehead atoms. The van der Waals surface area contributed by atoms with E-state index in [0.29, 0.717) is 13.2 Å². The zero-order valence-electron chi connectivity index (χ0n) is 8.76. The number of morpholine rings is 1. The lowest BCUT2D eigenvalue weighted by Crippen LogP contribution is -2.48. The van der Waals surface area contributed by atoms with Crippen molar-refractivity contribution >= 4 is 5.82 Å². The molecule has 15 heavy (non-hydrogen) atoms. The summed E-state index contributed by atoms with van der Waals surface area (Å²) in [5.74, 6) is 1.61. The summed E-state index contributed by atoms with van der Waals surface area (Å²) >= 11 is 0. The number of anilines is 1. The zero-order chi connectivity index (χ0) is 10.7. The number of aliphatic hydroxyl groups is 1. The summed E-state index contributed by atoms with van der Waals surface area (Å²) < 4.78 is 5.31. The van der Waals surface area contributed by atoms with Crippen LogP contribution in [0.25, 0.3) is 0 Å². The molecule has 1 fully saturated rings. The third-order valence-electron chi connectivity index (χ3n) is 2.49. The van der Waals surface area contributed by atoms with Gasteiger partial charge in [0, 0.05) is 12.7 Å². The third-order valence-corrected chi connectivity index (χ3v) is 2.49. The van der Waals surface area contributed by atoms with Crippen molar-refractivity contribution in [2.45, 2.75) is 13.0 Å². The molecule has 1 aromatic rings. The monoisotopic (exact) mass is 209 g/mol. The summed E-state index contributed by atoms with van der Waals surface area (Å²) in [6.45, 7) is 3.95. The molecule has 1 aliphatic rings. The first-order chi connectivity index (χ1) is 7.31. The summed E-state index contributed by atoms with van der Waals surface area (Å²) in [5, 5.41) is 9.23. The zero-order valence-corrected chi connectivity index (χ0v) is 8.76. The summed E-state index contributed by atoms with van der Waals surface area (Å²) in [6, 6.07) is 1.87. The van der Waals surface area contributed by atoms with E-state index in [1.54, 1.807) is 6.20 Å². The minimum absolute atomic E-state index is 0.00745. The van der Waals surface area contributed by atoms with Gasteiger partial charge in [-0.1, -0.05) is 0 Å². The highest BCUT2D eigenvalue weighted by Gasteiger charge is 2.23. The Kier molecular flexibility index (Phi) is 3.13. The average molecular weight is 209 g/mol. The van der Waals surface area contributed by atoms with Crippen molar-refractivity contribution < 1.29 is 9.84 Å². The molecular weight excluding hydrogens is 194 g/mol. The van der Waals surface area contributed by atoms with Crippen molar-refractivity contribution in [2.75, 3.05) is 31.3 Å². The second-order valence-electron chi connectivity index (χ2n) is 3.57. The van der Waals surface area contributed by atoms with Gasteiger partial charge in [0.1, 0.15) is 11.6 Å². The first-order valence-electron chi connectivity index (χ1n) is 5.06. The van der Waals surface area contributed by atoms with Crippen LogP contribution < -0.4 is 4.90 Å². The lowest BCUT2D eigenvalue weighted by Gasteiger charge is -2.35. The van der Waals surface area contributed by atoms with Crippen LogP contribution in [0.4, 0.5) is 5.82 Å². The van der Waals surface area contributed by atoms with Gasteiger partial charge in [-0.05, 0) is 13.0 Å². The predicted octanol–water partition coefficient (Wildman–Crippen LogP) is -0.0175. The molecule has 5 heteroatoms. The Morgan fingerprint density at radius 2 is 2.53 bits per heavy atom. The van der Waals surface area contributed by atoms with E-state index in [0.717, 1.165) is 18.2 Å². The van der Waals surface area contributed by atoms with Crippen LogP contribution >= 0.6 is 0 Å². The Hall–Kier alpha value is -1.20. The van der Waals surface area contributed by atoms with Crippen molar-refractivity contribution in [2.24, 2.45) is 0 Å². The number of aliphatic hydroxyl groups excluding tert-OH is 1. The Balaban J connectivity index is 2.20. The van der Waals surface area contributed by atoms with Gasteiger partial charge in [0.05, 0.1) is 25.9 Å². The number of hydrogen-bond donors (Lipinski definition) is 1. The van der Waals surface area contributed by atoms with Crippen LogP contribution in [0.15, 0.2) is 12.3 Å². The quantitative estimate of drug-likeness (QED) is 0.742. The molecule has 1 aromatic heterocycles. The van der Waals surface area contributed by atoms with E-state index in [-0.39, 0.29) is 12.6 Å². The first-order valence-corrected chi connectivity index (χ1v) is 5.06. The fraction of sp³-hybridized carbons (Fsp3) is 0.600. The molecule has 2 rings (SSSR count). The van der Waals surface area contributed by atoms with Crippen LogP contribution in [0.1, 0.15) is 5.82 Å². The maximum absolute atomic E-state index is 9.23. The van der Waals surface area contributed by atoms with Crippen LogP contribution in [-0.2, 0) is 4.74 Å². The maximum atomic E-state index is 9.23. The molecule has 2 heterocycles. The number of nitrogens with zero attached hydrogens (tertiary/aromatic N) is 3. The number of rotatable bonds is 2. The Morgan fingerprint density at radius 3 is 3.27 bits per heavy atom. The predicted molar refractivity (Wildman–Crippen MR) is 55.8 cm³/mol. The summed E-state index contributed by atoms with van der Waals surface area (Å²) in [7, 11) is 0. The molecule has 0 aromatic carbocycles. The fourth-order valence-electron chi connectivity index (χ4n) is 1.71. The Labute approximate surface area is 88.7 Å². The molecule has 1 saturated heterocycles.